The van der Waals surface area contributed by atoms with Crippen molar-refractivity contribution in [2.45, 2.75) is 31.3 Å². The van der Waals surface area contributed by atoms with E-state index in [0.29, 0.717) is 0 Å². The van der Waals surface area contributed by atoms with Crippen LogP contribution in [0.25, 0.3) is 0 Å². The molecule has 1 aliphatic heterocycles. The van der Waals surface area contributed by atoms with Crippen LogP contribution in [0.4, 0.5) is 0 Å². The molecule has 1 atom stereocenters. The molecule has 0 bridgehead atoms. The highest BCUT2D eigenvalue weighted by molar-refractivity contribution is 4.83. The number of likely N-dealkylation sites (tertiary alicyclic amines) is 1. The Balaban J connectivity index is 1.58. The summed E-state index contributed by atoms with van der Waals surface area (Å²) < 4.78 is 0. The Bertz CT molecular complexity index is 177. The predicted octanol–water partition coefficient (Wildman–Crippen LogP) is 0.374. The van der Waals surface area contributed by atoms with E-state index < -0.39 is 0 Å². The van der Waals surface area contributed by atoms with Crippen molar-refractivity contribution in [3.05, 3.63) is 0 Å². The molecule has 0 radical (unpaired) electrons. The summed E-state index contributed by atoms with van der Waals surface area (Å²) in [5.74, 6) is 0. The average Bonchev–Trinajstić information content (AvgIpc) is 2.82. The summed E-state index contributed by atoms with van der Waals surface area (Å²) >= 11 is 0. The SMILES string of the molecule is CN(C)C1CCN(CCNC2CC2)C1. The van der Waals surface area contributed by atoms with Crippen LogP contribution >= 0.6 is 0 Å². The molecule has 3 nitrogen and oxygen atoms in total. The van der Waals surface area contributed by atoms with E-state index in [-0.39, 0.29) is 0 Å². The van der Waals surface area contributed by atoms with Crippen LogP contribution in [-0.2, 0) is 0 Å². The van der Waals surface area contributed by atoms with Crippen molar-refractivity contribution < 1.29 is 0 Å². The van der Waals surface area contributed by atoms with Crippen LogP contribution in [0.2, 0.25) is 0 Å². The Labute approximate surface area is 87.4 Å². The van der Waals surface area contributed by atoms with Crippen LogP contribution in [0.1, 0.15) is 19.3 Å². The third-order valence-corrected chi connectivity index (χ3v) is 3.42. The number of likely N-dealkylation sites (N-methyl/N-ethyl adjacent to an activating group) is 1. The van der Waals surface area contributed by atoms with Crippen LogP contribution in [0.3, 0.4) is 0 Å². The van der Waals surface area contributed by atoms with E-state index >= 15 is 0 Å². The highest BCUT2D eigenvalue weighted by atomic mass is 15.2. The minimum atomic E-state index is 0.788. The molecule has 0 spiro atoms. The topological polar surface area (TPSA) is 18.5 Å². The number of nitrogens with one attached hydrogen (secondary N) is 1. The lowest BCUT2D eigenvalue weighted by molar-refractivity contribution is 0.268. The van der Waals surface area contributed by atoms with Crippen LogP contribution < -0.4 is 5.32 Å². The molecule has 82 valence electrons. The average molecular weight is 197 g/mol. The van der Waals surface area contributed by atoms with Crippen LogP contribution in [-0.4, -0.2) is 62.2 Å². The summed E-state index contributed by atoms with van der Waals surface area (Å²) in [6.07, 6.45) is 4.15. The largest absolute Gasteiger partial charge is 0.313 e. The lowest BCUT2D eigenvalue weighted by Crippen LogP contribution is -2.35. The summed E-state index contributed by atoms with van der Waals surface area (Å²) in [6.45, 7) is 4.97. The Kier molecular flexibility index (Phi) is 3.42. The third-order valence-electron chi connectivity index (χ3n) is 3.42. The molecule has 14 heavy (non-hydrogen) atoms. The monoisotopic (exact) mass is 197 g/mol. The normalized spacial score (nSPS) is 28.9. The molecule has 2 fully saturated rings. The van der Waals surface area contributed by atoms with Crippen molar-refractivity contribution in [2.24, 2.45) is 0 Å². The highest BCUT2D eigenvalue weighted by Crippen LogP contribution is 2.18. The van der Waals surface area contributed by atoms with Gasteiger partial charge in [-0.05, 0) is 39.9 Å². The minimum absolute atomic E-state index is 0.788. The molecule has 1 saturated carbocycles. The summed E-state index contributed by atoms with van der Waals surface area (Å²) in [5.41, 5.74) is 0. The highest BCUT2D eigenvalue weighted by Gasteiger charge is 2.24. The number of nitrogens with zero attached hydrogens (tertiary/aromatic N) is 2. The van der Waals surface area contributed by atoms with Gasteiger partial charge in [0, 0.05) is 31.7 Å². The smallest absolute Gasteiger partial charge is 0.0229 e. The number of hydrogen-bond acceptors (Lipinski definition) is 3. The van der Waals surface area contributed by atoms with E-state index in [0.717, 1.165) is 12.1 Å². The first kappa shape index (κ1) is 10.4. The van der Waals surface area contributed by atoms with Gasteiger partial charge in [0.25, 0.3) is 0 Å². The number of rotatable bonds is 5. The van der Waals surface area contributed by atoms with Gasteiger partial charge < -0.3 is 15.1 Å². The van der Waals surface area contributed by atoms with Gasteiger partial charge in [0.05, 0.1) is 0 Å². The fourth-order valence-corrected chi connectivity index (χ4v) is 2.15. The maximum Gasteiger partial charge on any atom is 0.0229 e. The van der Waals surface area contributed by atoms with E-state index in [4.69, 9.17) is 0 Å². The Hall–Kier alpha value is -0.120. The molecule has 0 aromatic heterocycles. The minimum Gasteiger partial charge on any atom is -0.313 e. The zero-order chi connectivity index (χ0) is 9.97. The van der Waals surface area contributed by atoms with Gasteiger partial charge in [-0.25, -0.2) is 0 Å². The zero-order valence-electron chi connectivity index (χ0n) is 9.50. The van der Waals surface area contributed by atoms with E-state index in [9.17, 15) is 0 Å². The molecule has 1 N–H and O–H groups in total. The summed E-state index contributed by atoms with van der Waals surface area (Å²) in [4.78, 5) is 4.94. The lowest BCUT2D eigenvalue weighted by Gasteiger charge is -2.20. The quantitative estimate of drug-likeness (QED) is 0.687. The third kappa shape index (κ3) is 2.94. The van der Waals surface area contributed by atoms with Gasteiger partial charge in [0.2, 0.25) is 0 Å². The molecular weight excluding hydrogens is 174 g/mol. The first-order valence-corrected chi connectivity index (χ1v) is 5.88. The van der Waals surface area contributed by atoms with Gasteiger partial charge in [-0.1, -0.05) is 0 Å². The summed E-state index contributed by atoms with van der Waals surface area (Å²) in [5, 5.41) is 3.57. The molecule has 2 aliphatic rings. The van der Waals surface area contributed by atoms with Crippen molar-refractivity contribution in [3.8, 4) is 0 Å². The number of hydrogen-bond donors (Lipinski definition) is 1. The lowest BCUT2D eigenvalue weighted by atomic mass is 10.2. The zero-order valence-corrected chi connectivity index (χ0v) is 9.50. The first-order chi connectivity index (χ1) is 6.75. The summed E-state index contributed by atoms with van der Waals surface area (Å²) in [6, 6.07) is 1.65. The maximum absolute atomic E-state index is 3.57. The maximum atomic E-state index is 3.57. The van der Waals surface area contributed by atoms with Crippen molar-refractivity contribution in [1.29, 1.82) is 0 Å². The first-order valence-electron chi connectivity index (χ1n) is 5.88. The van der Waals surface area contributed by atoms with Gasteiger partial charge in [-0.15, -0.1) is 0 Å². The molecule has 1 heterocycles. The van der Waals surface area contributed by atoms with E-state index in [2.05, 4.69) is 29.2 Å². The fraction of sp³-hybridized carbons (Fsp3) is 1.00. The molecular formula is C11H23N3. The van der Waals surface area contributed by atoms with E-state index in [1.165, 1.54) is 45.4 Å². The van der Waals surface area contributed by atoms with Gasteiger partial charge in [-0.3, -0.25) is 0 Å². The van der Waals surface area contributed by atoms with Crippen molar-refractivity contribution >= 4 is 0 Å². The van der Waals surface area contributed by atoms with Crippen LogP contribution in [0.15, 0.2) is 0 Å². The van der Waals surface area contributed by atoms with Crippen LogP contribution in [0, 0.1) is 0 Å². The van der Waals surface area contributed by atoms with Gasteiger partial charge in [0.15, 0.2) is 0 Å². The van der Waals surface area contributed by atoms with Gasteiger partial charge in [-0.2, -0.15) is 0 Å². The molecule has 0 aromatic rings. The standard InChI is InChI=1S/C11H23N3/c1-13(2)11-5-7-14(9-11)8-6-12-10-3-4-10/h10-12H,3-9H2,1-2H3. The molecule has 1 saturated heterocycles. The molecule has 1 aliphatic carbocycles. The molecule has 0 aromatic carbocycles. The second-order valence-corrected chi connectivity index (χ2v) is 4.94. The Morgan fingerprint density at radius 2 is 2.07 bits per heavy atom. The van der Waals surface area contributed by atoms with Crippen LogP contribution in [0.5, 0.6) is 0 Å². The summed E-state index contributed by atoms with van der Waals surface area (Å²) in [7, 11) is 4.38. The molecule has 1 unspecified atom stereocenters. The molecule has 0 amide bonds. The van der Waals surface area contributed by atoms with E-state index in [1.807, 2.05) is 0 Å². The molecule has 2 rings (SSSR count). The van der Waals surface area contributed by atoms with Crippen molar-refractivity contribution in [1.82, 2.24) is 15.1 Å². The van der Waals surface area contributed by atoms with E-state index in [1.54, 1.807) is 0 Å². The van der Waals surface area contributed by atoms with Crippen molar-refractivity contribution in [3.63, 3.8) is 0 Å². The molecule has 3 heteroatoms. The van der Waals surface area contributed by atoms with Crippen molar-refractivity contribution in [2.75, 3.05) is 40.3 Å². The Morgan fingerprint density at radius 1 is 1.29 bits per heavy atom. The predicted molar refractivity (Wildman–Crippen MR) is 59.6 cm³/mol. The van der Waals surface area contributed by atoms with Gasteiger partial charge in [0.1, 0.15) is 0 Å². The second kappa shape index (κ2) is 4.60. The Morgan fingerprint density at radius 3 is 2.64 bits per heavy atom. The second-order valence-electron chi connectivity index (χ2n) is 4.94. The van der Waals surface area contributed by atoms with Gasteiger partial charge >= 0.3 is 0 Å². The fourth-order valence-electron chi connectivity index (χ4n) is 2.15.